The molecule has 1 aromatic carbocycles. The van der Waals surface area contributed by atoms with Crippen LogP contribution in [0.3, 0.4) is 0 Å². The Morgan fingerprint density at radius 1 is 1.35 bits per heavy atom. The topological polar surface area (TPSA) is 66.6 Å². The molecule has 1 amide bonds. The van der Waals surface area contributed by atoms with Crippen molar-refractivity contribution in [2.75, 3.05) is 18.0 Å². The Hall–Kier alpha value is -1.55. The Balaban J connectivity index is 2.81. The molecule has 0 bridgehead atoms. The summed E-state index contributed by atoms with van der Waals surface area (Å²) < 4.78 is 0. The van der Waals surface area contributed by atoms with Crippen molar-refractivity contribution in [2.24, 2.45) is 5.73 Å². The summed E-state index contributed by atoms with van der Waals surface area (Å²) in [6.07, 6.45) is 0.272. The van der Waals surface area contributed by atoms with Gasteiger partial charge in [0.2, 0.25) is 5.91 Å². The Labute approximate surface area is 102 Å². The molecule has 0 fully saturated rings. The third-order valence-electron chi connectivity index (χ3n) is 2.76. The van der Waals surface area contributed by atoms with Crippen LogP contribution in [0.15, 0.2) is 24.3 Å². The van der Waals surface area contributed by atoms with Gasteiger partial charge in [-0.2, -0.15) is 0 Å². The monoisotopic (exact) mass is 236 g/mol. The predicted molar refractivity (Wildman–Crippen MR) is 68.8 cm³/mol. The van der Waals surface area contributed by atoms with Crippen molar-refractivity contribution in [1.82, 2.24) is 0 Å². The maximum atomic E-state index is 10.9. The maximum Gasteiger partial charge on any atom is 0.236 e. The van der Waals surface area contributed by atoms with Gasteiger partial charge in [-0.25, -0.2) is 0 Å². The number of aliphatic hydroxyl groups excluding tert-OH is 1. The lowest BCUT2D eigenvalue weighted by Gasteiger charge is -2.21. The molecule has 0 heterocycles. The highest BCUT2D eigenvalue weighted by Gasteiger charge is 2.09. The predicted octanol–water partition coefficient (Wildman–Crippen LogP) is 1.44. The van der Waals surface area contributed by atoms with Gasteiger partial charge in [-0.05, 0) is 31.0 Å². The molecule has 0 spiro atoms. The zero-order valence-electron chi connectivity index (χ0n) is 10.4. The van der Waals surface area contributed by atoms with Crippen LogP contribution in [0.1, 0.15) is 31.9 Å². The molecule has 3 N–H and O–H groups in total. The van der Waals surface area contributed by atoms with Crippen molar-refractivity contribution in [3.63, 3.8) is 0 Å². The fourth-order valence-electron chi connectivity index (χ4n) is 1.72. The zero-order chi connectivity index (χ0) is 12.8. The summed E-state index contributed by atoms with van der Waals surface area (Å²) in [6, 6.07) is 7.57. The van der Waals surface area contributed by atoms with Crippen molar-refractivity contribution >= 4 is 11.6 Å². The van der Waals surface area contributed by atoms with E-state index < -0.39 is 6.10 Å². The number of carbonyl (C=O) groups is 1. The average molecular weight is 236 g/mol. The van der Waals surface area contributed by atoms with Gasteiger partial charge in [0.05, 0.1) is 12.6 Å². The van der Waals surface area contributed by atoms with E-state index in [-0.39, 0.29) is 12.5 Å². The van der Waals surface area contributed by atoms with Crippen molar-refractivity contribution < 1.29 is 9.90 Å². The third-order valence-corrected chi connectivity index (χ3v) is 2.76. The molecule has 17 heavy (non-hydrogen) atoms. The fourth-order valence-corrected chi connectivity index (χ4v) is 1.72. The number of likely N-dealkylation sites (N-methyl/N-ethyl adjacent to an activating group) is 1. The summed E-state index contributed by atoms with van der Waals surface area (Å²) >= 11 is 0. The van der Waals surface area contributed by atoms with Gasteiger partial charge < -0.3 is 15.7 Å². The number of nitrogens with zero attached hydrogens (tertiary/aromatic N) is 1. The standard InChI is InChI=1S/C13H20N2O2/c1-3-12(16)10-5-7-11(8-6-10)15(4-2)9-13(14)17/h5-8,12,16H,3-4,9H2,1-2H3,(H2,14,17). The molecule has 1 atom stereocenters. The Morgan fingerprint density at radius 2 is 1.94 bits per heavy atom. The zero-order valence-corrected chi connectivity index (χ0v) is 10.4. The van der Waals surface area contributed by atoms with E-state index in [0.29, 0.717) is 6.42 Å². The van der Waals surface area contributed by atoms with Crippen LogP contribution in [0.4, 0.5) is 5.69 Å². The van der Waals surface area contributed by atoms with Crippen LogP contribution >= 0.6 is 0 Å². The first-order valence-electron chi connectivity index (χ1n) is 5.89. The molecular weight excluding hydrogens is 216 g/mol. The first-order valence-corrected chi connectivity index (χ1v) is 5.89. The number of carbonyl (C=O) groups excluding carboxylic acids is 1. The van der Waals surface area contributed by atoms with Crippen LogP contribution in [-0.2, 0) is 4.79 Å². The van der Waals surface area contributed by atoms with Crippen molar-refractivity contribution in [2.45, 2.75) is 26.4 Å². The Morgan fingerprint density at radius 3 is 2.35 bits per heavy atom. The van der Waals surface area contributed by atoms with Crippen LogP contribution in [0, 0.1) is 0 Å². The minimum atomic E-state index is -0.421. The van der Waals surface area contributed by atoms with E-state index in [4.69, 9.17) is 5.73 Å². The van der Waals surface area contributed by atoms with E-state index >= 15 is 0 Å². The minimum Gasteiger partial charge on any atom is -0.388 e. The molecule has 1 aromatic rings. The van der Waals surface area contributed by atoms with E-state index in [1.807, 2.05) is 43.0 Å². The number of nitrogens with two attached hydrogens (primary N) is 1. The number of hydrogen-bond donors (Lipinski definition) is 2. The van der Waals surface area contributed by atoms with E-state index in [1.54, 1.807) is 0 Å². The SMILES string of the molecule is CCC(O)c1ccc(N(CC)CC(N)=O)cc1. The first-order chi connectivity index (χ1) is 8.08. The Bertz CT molecular complexity index is 362. The summed E-state index contributed by atoms with van der Waals surface area (Å²) in [7, 11) is 0. The van der Waals surface area contributed by atoms with Gasteiger partial charge in [0, 0.05) is 12.2 Å². The summed E-state index contributed by atoms with van der Waals surface area (Å²) in [6.45, 7) is 4.84. The van der Waals surface area contributed by atoms with Gasteiger partial charge in [-0.1, -0.05) is 19.1 Å². The second-order valence-corrected chi connectivity index (χ2v) is 4.00. The number of benzene rings is 1. The summed E-state index contributed by atoms with van der Waals surface area (Å²) in [5.41, 5.74) is 7.02. The highest BCUT2D eigenvalue weighted by molar-refractivity contribution is 5.79. The second kappa shape index (κ2) is 6.25. The summed E-state index contributed by atoms with van der Waals surface area (Å²) in [5.74, 6) is -0.343. The number of amides is 1. The normalized spacial score (nSPS) is 12.2. The van der Waals surface area contributed by atoms with Gasteiger partial charge in [-0.3, -0.25) is 4.79 Å². The van der Waals surface area contributed by atoms with E-state index in [2.05, 4.69) is 0 Å². The molecule has 0 aliphatic rings. The van der Waals surface area contributed by atoms with Crippen LogP contribution in [-0.4, -0.2) is 24.1 Å². The van der Waals surface area contributed by atoms with E-state index in [9.17, 15) is 9.90 Å². The smallest absolute Gasteiger partial charge is 0.236 e. The molecule has 4 nitrogen and oxygen atoms in total. The molecule has 0 saturated heterocycles. The highest BCUT2D eigenvalue weighted by atomic mass is 16.3. The van der Waals surface area contributed by atoms with Crippen molar-refractivity contribution in [3.8, 4) is 0 Å². The minimum absolute atomic E-state index is 0.214. The quantitative estimate of drug-likeness (QED) is 0.785. The molecular formula is C13H20N2O2. The lowest BCUT2D eigenvalue weighted by molar-refractivity contribution is -0.116. The average Bonchev–Trinajstić information content (AvgIpc) is 2.35. The summed E-state index contributed by atoms with van der Waals surface area (Å²) in [5, 5.41) is 9.67. The van der Waals surface area contributed by atoms with E-state index in [0.717, 1.165) is 17.8 Å². The first kappa shape index (κ1) is 13.5. The number of anilines is 1. The maximum absolute atomic E-state index is 10.9. The molecule has 0 aliphatic heterocycles. The van der Waals surface area contributed by atoms with Crippen molar-refractivity contribution in [3.05, 3.63) is 29.8 Å². The Kier molecular flexibility index (Phi) is 4.97. The van der Waals surface area contributed by atoms with Gasteiger partial charge in [-0.15, -0.1) is 0 Å². The summed E-state index contributed by atoms with van der Waals surface area (Å²) in [4.78, 5) is 12.8. The van der Waals surface area contributed by atoms with Crippen LogP contribution in [0.25, 0.3) is 0 Å². The molecule has 0 aliphatic carbocycles. The highest BCUT2D eigenvalue weighted by Crippen LogP contribution is 2.20. The molecule has 0 saturated carbocycles. The van der Waals surface area contributed by atoms with Crippen LogP contribution < -0.4 is 10.6 Å². The van der Waals surface area contributed by atoms with E-state index in [1.165, 1.54) is 0 Å². The van der Waals surface area contributed by atoms with Gasteiger partial charge >= 0.3 is 0 Å². The fraction of sp³-hybridized carbons (Fsp3) is 0.462. The number of primary amides is 1. The van der Waals surface area contributed by atoms with Crippen molar-refractivity contribution in [1.29, 1.82) is 0 Å². The second-order valence-electron chi connectivity index (χ2n) is 4.00. The lowest BCUT2D eigenvalue weighted by Crippen LogP contribution is -2.33. The molecule has 0 aromatic heterocycles. The largest absolute Gasteiger partial charge is 0.388 e. The van der Waals surface area contributed by atoms with Crippen LogP contribution in [0.2, 0.25) is 0 Å². The van der Waals surface area contributed by atoms with Gasteiger partial charge in [0.15, 0.2) is 0 Å². The molecule has 1 unspecified atom stereocenters. The van der Waals surface area contributed by atoms with Crippen LogP contribution in [0.5, 0.6) is 0 Å². The third kappa shape index (κ3) is 3.75. The number of hydrogen-bond acceptors (Lipinski definition) is 3. The lowest BCUT2D eigenvalue weighted by atomic mass is 10.1. The molecule has 0 radical (unpaired) electrons. The number of rotatable bonds is 6. The van der Waals surface area contributed by atoms with Gasteiger partial charge in [0.25, 0.3) is 0 Å². The molecule has 1 rings (SSSR count). The molecule has 94 valence electrons. The molecule has 4 heteroatoms. The van der Waals surface area contributed by atoms with Gasteiger partial charge in [0.1, 0.15) is 0 Å². The number of aliphatic hydroxyl groups is 1.